The van der Waals surface area contributed by atoms with Crippen LogP contribution < -0.4 is 10.6 Å². The van der Waals surface area contributed by atoms with Gasteiger partial charge in [0.1, 0.15) is 0 Å². The summed E-state index contributed by atoms with van der Waals surface area (Å²) in [6.07, 6.45) is 0.827. The fourth-order valence-electron chi connectivity index (χ4n) is 2.39. The van der Waals surface area contributed by atoms with E-state index < -0.39 is 0 Å². The van der Waals surface area contributed by atoms with Gasteiger partial charge in [-0.05, 0) is 38.0 Å². The lowest BCUT2D eigenvalue weighted by atomic mass is 10.1. The summed E-state index contributed by atoms with van der Waals surface area (Å²) in [6, 6.07) is 18.2. The van der Waals surface area contributed by atoms with Crippen molar-refractivity contribution >= 4 is 39.8 Å². The monoisotopic (exact) mass is 398 g/mol. The zero-order chi connectivity index (χ0) is 19.1. The Morgan fingerprint density at radius 2 is 1.85 bits per heavy atom. The highest BCUT2D eigenvalue weighted by atomic mass is 32.2. The minimum Gasteiger partial charge on any atom is -0.355 e. The molecule has 0 aliphatic heterocycles. The molecule has 1 aromatic heterocycles. The maximum absolute atomic E-state index is 12.3. The van der Waals surface area contributed by atoms with Crippen LogP contribution in [0, 0.1) is 6.92 Å². The fraction of sp³-hybridized carbons (Fsp3) is 0.250. The topological polar surface area (TPSA) is 66.9 Å². The van der Waals surface area contributed by atoms with Gasteiger partial charge in [0.25, 0.3) is 0 Å². The summed E-state index contributed by atoms with van der Waals surface area (Å²) in [6.45, 7) is 4.57. The van der Waals surface area contributed by atoms with Crippen molar-refractivity contribution in [1.82, 2.24) is 15.5 Å². The van der Waals surface area contributed by atoms with Crippen molar-refractivity contribution < 1.29 is 4.79 Å². The molecule has 140 valence electrons. The third-order valence-electron chi connectivity index (χ3n) is 3.91. The van der Waals surface area contributed by atoms with Crippen molar-refractivity contribution in [3.63, 3.8) is 0 Å². The number of aromatic nitrogens is 2. The molecule has 0 aliphatic carbocycles. The minimum atomic E-state index is -0.221. The van der Waals surface area contributed by atoms with E-state index in [2.05, 4.69) is 39.9 Å². The summed E-state index contributed by atoms with van der Waals surface area (Å²) < 4.78 is 0.773. The average molecular weight is 399 g/mol. The van der Waals surface area contributed by atoms with Crippen LogP contribution in [0.5, 0.6) is 0 Å². The number of hydrogen-bond donors (Lipinski definition) is 2. The Labute approximate surface area is 167 Å². The van der Waals surface area contributed by atoms with Gasteiger partial charge in [0.2, 0.25) is 11.0 Å². The first-order valence-electron chi connectivity index (χ1n) is 8.75. The van der Waals surface area contributed by atoms with Gasteiger partial charge >= 0.3 is 0 Å². The summed E-state index contributed by atoms with van der Waals surface area (Å²) in [5, 5.41) is 15.0. The highest BCUT2D eigenvalue weighted by Gasteiger charge is 2.17. The van der Waals surface area contributed by atoms with Crippen molar-refractivity contribution in [2.75, 3.05) is 11.9 Å². The number of thioether (sulfide) groups is 1. The summed E-state index contributed by atoms with van der Waals surface area (Å²) in [5.74, 6) is 0.0131. The number of nitrogens with zero attached hydrogens (tertiary/aromatic N) is 2. The second-order valence-electron chi connectivity index (χ2n) is 6.15. The van der Waals surface area contributed by atoms with Crippen LogP contribution in [0.4, 0.5) is 10.8 Å². The van der Waals surface area contributed by atoms with E-state index in [9.17, 15) is 4.79 Å². The molecule has 2 aromatic carbocycles. The molecule has 1 heterocycles. The molecule has 3 rings (SSSR count). The van der Waals surface area contributed by atoms with E-state index in [4.69, 9.17) is 0 Å². The predicted octanol–water partition coefficient (Wildman–Crippen LogP) is 4.43. The SMILES string of the molecule is Cc1ccc(Nc2nnc(SC(C)C(=O)NCCc3ccccc3)s2)cc1. The fourth-order valence-corrected chi connectivity index (χ4v) is 4.33. The van der Waals surface area contributed by atoms with Gasteiger partial charge in [0, 0.05) is 12.2 Å². The summed E-state index contributed by atoms with van der Waals surface area (Å²) in [5.41, 5.74) is 3.40. The molecule has 1 amide bonds. The quantitative estimate of drug-likeness (QED) is 0.550. The van der Waals surface area contributed by atoms with Crippen molar-refractivity contribution in [2.45, 2.75) is 29.9 Å². The Balaban J connectivity index is 1.46. The van der Waals surface area contributed by atoms with Gasteiger partial charge in [-0.2, -0.15) is 0 Å². The van der Waals surface area contributed by atoms with Crippen LogP contribution in [-0.2, 0) is 11.2 Å². The summed E-state index contributed by atoms with van der Waals surface area (Å²) in [7, 11) is 0. The average Bonchev–Trinajstić information content (AvgIpc) is 3.11. The van der Waals surface area contributed by atoms with Gasteiger partial charge in [0.15, 0.2) is 4.34 Å². The molecule has 0 radical (unpaired) electrons. The molecule has 0 spiro atoms. The first kappa shape index (κ1) is 19.4. The van der Waals surface area contributed by atoms with Crippen molar-refractivity contribution in [2.24, 2.45) is 0 Å². The van der Waals surface area contributed by atoms with Crippen LogP contribution >= 0.6 is 23.1 Å². The predicted molar refractivity (Wildman–Crippen MR) is 113 cm³/mol. The van der Waals surface area contributed by atoms with Crippen LogP contribution in [0.1, 0.15) is 18.1 Å². The van der Waals surface area contributed by atoms with Gasteiger partial charge in [-0.1, -0.05) is 71.1 Å². The molecule has 7 heteroatoms. The van der Waals surface area contributed by atoms with E-state index in [0.717, 1.165) is 21.6 Å². The molecule has 5 nitrogen and oxygen atoms in total. The maximum Gasteiger partial charge on any atom is 0.233 e. The number of rotatable bonds is 8. The minimum absolute atomic E-state index is 0.0131. The Morgan fingerprint density at radius 3 is 2.59 bits per heavy atom. The van der Waals surface area contributed by atoms with Crippen LogP contribution in [-0.4, -0.2) is 27.9 Å². The second kappa shape index (κ2) is 9.53. The Bertz CT molecular complexity index is 865. The van der Waals surface area contributed by atoms with Gasteiger partial charge in [-0.15, -0.1) is 10.2 Å². The second-order valence-corrected chi connectivity index (χ2v) is 8.72. The van der Waals surface area contributed by atoms with Gasteiger partial charge < -0.3 is 10.6 Å². The molecular formula is C20H22N4OS2. The zero-order valence-electron chi connectivity index (χ0n) is 15.3. The molecule has 0 saturated carbocycles. The van der Waals surface area contributed by atoms with Gasteiger partial charge in [-0.25, -0.2) is 0 Å². The molecule has 1 atom stereocenters. The van der Waals surface area contributed by atoms with Crippen LogP contribution in [0.25, 0.3) is 0 Å². The number of nitrogens with one attached hydrogen (secondary N) is 2. The standard InChI is InChI=1S/C20H22N4OS2/c1-14-8-10-17(11-9-14)22-19-23-24-20(27-19)26-15(2)18(25)21-13-12-16-6-4-3-5-7-16/h3-11,15H,12-13H2,1-2H3,(H,21,25)(H,22,23). The smallest absolute Gasteiger partial charge is 0.233 e. The van der Waals surface area contributed by atoms with Crippen molar-refractivity contribution in [3.05, 3.63) is 65.7 Å². The first-order valence-corrected chi connectivity index (χ1v) is 10.5. The van der Waals surface area contributed by atoms with E-state index in [-0.39, 0.29) is 11.2 Å². The van der Waals surface area contributed by atoms with E-state index in [1.54, 1.807) is 0 Å². The molecule has 27 heavy (non-hydrogen) atoms. The molecule has 3 aromatic rings. The lowest BCUT2D eigenvalue weighted by Gasteiger charge is -2.10. The number of aryl methyl sites for hydroxylation is 1. The molecule has 0 saturated heterocycles. The third kappa shape index (κ3) is 6.08. The number of amides is 1. The number of carbonyl (C=O) groups is 1. The number of anilines is 2. The van der Waals surface area contributed by atoms with Crippen molar-refractivity contribution in [3.8, 4) is 0 Å². The number of benzene rings is 2. The van der Waals surface area contributed by atoms with Crippen LogP contribution in [0.3, 0.4) is 0 Å². The Hall–Kier alpha value is -2.38. The molecular weight excluding hydrogens is 376 g/mol. The third-order valence-corrected chi connectivity index (χ3v) is 5.93. The normalized spacial score (nSPS) is 11.8. The molecule has 1 unspecified atom stereocenters. The van der Waals surface area contributed by atoms with E-state index >= 15 is 0 Å². The summed E-state index contributed by atoms with van der Waals surface area (Å²) >= 11 is 2.87. The summed E-state index contributed by atoms with van der Waals surface area (Å²) in [4.78, 5) is 12.3. The highest BCUT2D eigenvalue weighted by Crippen LogP contribution is 2.30. The lowest BCUT2D eigenvalue weighted by Crippen LogP contribution is -2.32. The highest BCUT2D eigenvalue weighted by molar-refractivity contribution is 8.02. The van der Waals surface area contributed by atoms with Crippen molar-refractivity contribution in [1.29, 1.82) is 0 Å². The number of hydrogen-bond acceptors (Lipinski definition) is 6. The maximum atomic E-state index is 12.3. The Morgan fingerprint density at radius 1 is 1.11 bits per heavy atom. The molecule has 0 bridgehead atoms. The molecule has 2 N–H and O–H groups in total. The van der Waals surface area contributed by atoms with E-state index in [0.29, 0.717) is 6.54 Å². The Kier molecular flexibility index (Phi) is 6.84. The molecule has 0 fully saturated rings. The largest absolute Gasteiger partial charge is 0.355 e. The van der Waals surface area contributed by atoms with Crippen LogP contribution in [0.2, 0.25) is 0 Å². The molecule has 0 aliphatic rings. The lowest BCUT2D eigenvalue weighted by molar-refractivity contribution is -0.120. The van der Waals surface area contributed by atoms with E-state index in [1.807, 2.05) is 49.4 Å². The van der Waals surface area contributed by atoms with Crippen LogP contribution in [0.15, 0.2) is 58.9 Å². The van der Waals surface area contributed by atoms with Gasteiger partial charge in [-0.3, -0.25) is 4.79 Å². The zero-order valence-corrected chi connectivity index (χ0v) is 16.9. The first-order chi connectivity index (χ1) is 13.1. The van der Waals surface area contributed by atoms with Gasteiger partial charge in [0.05, 0.1) is 5.25 Å². The van der Waals surface area contributed by atoms with E-state index in [1.165, 1.54) is 34.2 Å². The number of carbonyl (C=O) groups excluding carboxylic acids is 1.